The Hall–Kier alpha value is -9.04. The molecular weight excluding hydrogens is 1850 g/mol. The van der Waals surface area contributed by atoms with Gasteiger partial charge in [-0.15, -0.1) is 0 Å². The number of hydrogen-bond acceptors (Lipinski definition) is 22. The fourth-order valence-corrected chi connectivity index (χ4v) is 20.8. The molecule has 4 heterocycles. The third-order valence-corrected chi connectivity index (χ3v) is 29.5. The number of aliphatic carboxylic acids is 1. The summed E-state index contributed by atoms with van der Waals surface area (Å²) in [4.78, 5) is 110. The average molecular weight is 1980 g/mol. The molecule has 10 aromatic rings. The maximum Gasteiger partial charge on any atom is 0.361 e. The monoisotopic (exact) mass is 1980 g/mol. The molecule has 0 spiro atoms. The van der Waals surface area contributed by atoms with Gasteiger partial charge in [-0.25, -0.2) is 19.3 Å². The molecule has 0 bridgehead atoms. The first-order valence-electron chi connectivity index (χ1n) is 43.0. The molecule has 0 radical (unpaired) electrons. The van der Waals surface area contributed by atoms with Crippen LogP contribution in [0.5, 0.6) is 0 Å². The number of nitrogens with zero attached hydrogens (tertiary/aromatic N) is 6. The Kier molecular flexibility index (Phi) is 45.8. The van der Waals surface area contributed by atoms with Gasteiger partial charge in [-0.3, -0.25) is 66.6 Å². The maximum absolute atomic E-state index is 13.2. The Labute approximate surface area is 775 Å². The lowest BCUT2D eigenvalue weighted by Gasteiger charge is -2.22. The molecule has 0 aliphatic carbocycles. The van der Waals surface area contributed by atoms with Crippen LogP contribution in [0.15, 0.2) is 213 Å². The second-order valence-corrected chi connectivity index (χ2v) is 42.9. The van der Waals surface area contributed by atoms with Crippen molar-refractivity contribution < 1.29 is 79.3 Å². The van der Waals surface area contributed by atoms with Crippen LogP contribution >= 0.6 is 61.8 Å². The van der Waals surface area contributed by atoms with Crippen LogP contribution in [0, 0.1) is 29.6 Å². The lowest BCUT2D eigenvalue weighted by Crippen LogP contribution is -2.25. The minimum atomic E-state index is -3.40. The van der Waals surface area contributed by atoms with Crippen molar-refractivity contribution in [3.63, 3.8) is 0 Å². The van der Waals surface area contributed by atoms with Crippen LogP contribution < -0.4 is 32.3 Å². The summed E-state index contributed by atoms with van der Waals surface area (Å²) in [6.45, 7) is 40.3. The topological polar surface area (TPSA) is 373 Å². The van der Waals surface area contributed by atoms with E-state index in [0.717, 1.165) is 42.3 Å². The number of ketones is 5. The molecule has 7 unspecified atom stereocenters. The zero-order chi connectivity index (χ0) is 96.3. The van der Waals surface area contributed by atoms with Gasteiger partial charge in [0.05, 0.1) is 56.2 Å². The summed E-state index contributed by atoms with van der Waals surface area (Å²) >= 11 is 6.71. The number of benzene rings is 6. The highest BCUT2D eigenvalue weighted by molar-refractivity contribution is 9.10. The molecule has 0 saturated carbocycles. The van der Waals surface area contributed by atoms with Crippen molar-refractivity contribution in [2.45, 2.75) is 180 Å². The number of Topliss-reactive ketones (excluding diaryl/α,β-unsaturated/α-hetero) is 5. The molecule has 0 saturated heterocycles. The molecule has 3 N–H and O–H groups in total. The number of hydrogen-bond donors (Lipinski definition) is 3. The van der Waals surface area contributed by atoms with Gasteiger partial charge in [0.2, 0.25) is 26.6 Å². The SMILES string of the molecule is CC(=O)C(c1ccc(Br)cc1)C(C)C.CC(=O)Cc1ccc(Br)cc1.CCOP(=O)(OCC)c1ccc(C(C(=O)Cc2cnc(-n3cccn3)[nH]c2=O)C(C)C)cc1.CCOP(=O)(OCC)c1ccc(C(C(=O)Cc2cnc(-n3cccn3)[nH]c2=O)C(C)C)cc1.CCOP(C)(=O)c1ccc(C(C(=O)O)C(C)C)cc1.CCOP(C)(=O)c1ccc(C(C(C)=O)C(C)C)cc1. The molecule has 7 atom stereocenters. The summed E-state index contributed by atoms with van der Waals surface area (Å²) in [6.07, 6.45) is 9.74. The average Bonchev–Trinajstić information content (AvgIpc) is 1.44. The zero-order valence-corrected chi connectivity index (χ0v) is 84.4. The third-order valence-electron chi connectivity index (χ3n) is 20.2. The molecule has 6 aromatic carbocycles. The predicted molar refractivity (Wildman–Crippen MR) is 517 cm³/mol. The highest BCUT2D eigenvalue weighted by Gasteiger charge is 2.33. The number of aromatic nitrogens is 8. The fraction of sp³-hybridized carbons (Fsp3) is 0.417. The van der Waals surface area contributed by atoms with Gasteiger partial charge in [0, 0.05) is 124 Å². The van der Waals surface area contributed by atoms with Gasteiger partial charge in [0.15, 0.2) is 0 Å². The van der Waals surface area contributed by atoms with Crippen molar-refractivity contribution in [3.05, 3.63) is 269 Å². The van der Waals surface area contributed by atoms with E-state index >= 15 is 0 Å². The number of carboxylic acids is 1. The van der Waals surface area contributed by atoms with Gasteiger partial charge in [0.25, 0.3) is 11.1 Å². The summed E-state index contributed by atoms with van der Waals surface area (Å²) < 4.78 is 87.6. The second-order valence-electron chi connectivity index (χ2n) is 32.1. The van der Waals surface area contributed by atoms with Crippen LogP contribution in [0.3, 0.4) is 0 Å². The number of carbonyl (C=O) groups excluding carboxylic acids is 5. The highest BCUT2D eigenvalue weighted by Crippen LogP contribution is 2.49. The van der Waals surface area contributed by atoms with Crippen LogP contribution in [0.1, 0.15) is 206 Å². The number of H-pyrrole nitrogens is 2. The Morgan fingerprint density at radius 1 is 0.388 bits per heavy atom. The molecule has 0 fully saturated rings. The van der Waals surface area contributed by atoms with Crippen molar-refractivity contribution in [2.75, 3.05) is 53.0 Å². The van der Waals surface area contributed by atoms with E-state index in [1.807, 2.05) is 135 Å². The van der Waals surface area contributed by atoms with E-state index in [4.69, 9.17) is 27.1 Å². The van der Waals surface area contributed by atoms with E-state index in [0.29, 0.717) is 46.8 Å². The molecule has 0 aliphatic heterocycles. The van der Waals surface area contributed by atoms with Crippen LogP contribution in [-0.2, 0) is 93.4 Å². The smallest absolute Gasteiger partial charge is 0.361 e. The summed E-state index contributed by atoms with van der Waals surface area (Å²) in [7, 11) is -12.3. The minimum Gasteiger partial charge on any atom is -0.481 e. The number of carbonyl (C=O) groups is 6. The Morgan fingerprint density at radius 2 is 0.659 bits per heavy atom. The Balaban J connectivity index is 0.000000286. The molecule has 27 nitrogen and oxygen atoms in total. The van der Waals surface area contributed by atoms with Gasteiger partial charge in [0.1, 0.15) is 28.9 Å². The first kappa shape index (κ1) is 110. The van der Waals surface area contributed by atoms with Crippen LogP contribution in [-0.4, -0.2) is 132 Å². The summed E-state index contributed by atoms with van der Waals surface area (Å²) in [5, 5.41) is 19.5. The quantitative estimate of drug-likeness (QED) is 0.0301. The molecule has 33 heteroatoms. The number of rotatable bonds is 39. The largest absolute Gasteiger partial charge is 0.481 e. The first-order chi connectivity index (χ1) is 60.9. The molecule has 129 heavy (non-hydrogen) atoms. The van der Waals surface area contributed by atoms with E-state index in [2.05, 4.69) is 75.8 Å². The van der Waals surface area contributed by atoms with E-state index in [9.17, 15) is 61.7 Å². The predicted octanol–water partition coefficient (Wildman–Crippen LogP) is 19.8. The van der Waals surface area contributed by atoms with E-state index in [1.54, 1.807) is 178 Å². The standard InChI is InChI=1S/2C23H29N4O5P.C15H23O3P.C14H21O4P.C12H15BrO.C9H9BrO/c2*1-5-31-33(30,32-6-2)19-10-8-17(9-11-19)21(16(3)4)20(28)14-18-15-24-23(26-22(18)29)27-13-7-12-25-27;1-6-18-19(5,17)14-9-7-13(8-10-14)15(11(2)3)12(4)16;1-5-18-19(4,17)12-8-6-11(7-9-12)13(10(2)3)14(15)16;1-8(2)12(9(3)14)10-4-6-11(13)7-5-10;1-7(11)6-8-2-4-9(10)5-3-8/h2*7-13,15-16,21H,5-6,14H2,1-4H3,(H,24,26,29);7-11,15H,6H2,1-5H3;6-10,13H,5H2,1-4H3,(H,15,16);4-8,12H,1-3H3;2-5H,6H2,1H3. The lowest BCUT2D eigenvalue weighted by atomic mass is 9.83. The van der Waals surface area contributed by atoms with E-state index < -0.39 is 53.7 Å². The molecule has 0 amide bonds. The van der Waals surface area contributed by atoms with Crippen molar-refractivity contribution in [1.82, 2.24) is 39.5 Å². The number of aromatic amines is 2. The summed E-state index contributed by atoms with van der Waals surface area (Å²) in [5.74, 6) is -0.785. The van der Waals surface area contributed by atoms with Crippen molar-refractivity contribution >= 4 is 118 Å². The number of carboxylic acid groups (broad SMARTS) is 1. The summed E-state index contributed by atoms with van der Waals surface area (Å²) in [6, 6.07) is 47.2. The Morgan fingerprint density at radius 3 is 0.907 bits per heavy atom. The van der Waals surface area contributed by atoms with Crippen molar-refractivity contribution in [1.29, 1.82) is 0 Å². The first-order valence-corrected chi connectivity index (χ1v) is 51.8. The van der Waals surface area contributed by atoms with Gasteiger partial charge in [-0.05, 0) is 210 Å². The molecule has 0 aliphatic rings. The normalized spacial score (nSPS) is 13.5. The number of halogens is 2. The van der Waals surface area contributed by atoms with Crippen LogP contribution in [0.25, 0.3) is 11.9 Å². The fourth-order valence-electron chi connectivity index (χ4n) is 14.5. The van der Waals surface area contributed by atoms with Crippen molar-refractivity contribution in [3.8, 4) is 11.9 Å². The molecule has 10 rings (SSSR count). The number of nitrogens with one attached hydrogen (secondary N) is 2. The van der Waals surface area contributed by atoms with E-state index in [1.165, 1.54) is 21.8 Å². The lowest BCUT2D eigenvalue weighted by molar-refractivity contribution is -0.140. The molecular formula is C96H126Br2N8O19P4. The molecule has 698 valence electrons. The van der Waals surface area contributed by atoms with E-state index in [-0.39, 0.29) is 138 Å². The van der Waals surface area contributed by atoms with Gasteiger partial charge < -0.3 is 32.2 Å². The third kappa shape index (κ3) is 33.9. The van der Waals surface area contributed by atoms with Crippen LogP contribution in [0.4, 0.5) is 0 Å². The second kappa shape index (κ2) is 53.5. The molecule has 4 aromatic heterocycles. The van der Waals surface area contributed by atoms with Gasteiger partial charge >= 0.3 is 21.2 Å². The van der Waals surface area contributed by atoms with Crippen LogP contribution in [0.2, 0.25) is 0 Å². The Bertz CT molecular complexity index is 5240. The zero-order valence-electron chi connectivity index (χ0n) is 77.6. The summed E-state index contributed by atoms with van der Waals surface area (Å²) in [5.41, 5.74) is 5.24. The minimum absolute atomic E-state index is 0.00340. The maximum atomic E-state index is 13.2. The highest BCUT2D eigenvalue weighted by atomic mass is 79.9. The van der Waals surface area contributed by atoms with Gasteiger partial charge in [-0.2, -0.15) is 10.2 Å². The van der Waals surface area contributed by atoms with Crippen molar-refractivity contribution in [2.24, 2.45) is 29.6 Å². The van der Waals surface area contributed by atoms with Gasteiger partial charge in [-0.1, -0.05) is 174 Å².